The smallest absolute Gasteiger partial charge is 0.224 e. The van der Waals surface area contributed by atoms with Crippen LogP contribution in [0.1, 0.15) is 18.9 Å². The van der Waals surface area contributed by atoms with Crippen LogP contribution in [0, 0.1) is 17.1 Å². The maximum Gasteiger partial charge on any atom is 0.224 e. The molecule has 20 heavy (non-hydrogen) atoms. The van der Waals surface area contributed by atoms with Crippen LogP contribution in [0.4, 0.5) is 21.8 Å². The average Bonchev–Trinajstić information content (AvgIpc) is 2.48. The van der Waals surface area contributed by atoms with Crippen LogP contribution in [0.5, 0.6) is 0 Å². The van der Waals surface area contributed by atoms with Crippen LogP contribution in [-0.4, -0.2) is 16.5 Å². The molecule has 2 N–H and O–H groups in total. The van der Waals surface area contributed by atoms with Crippen LogP contribution in [-0.2, 0) is 0 Å². The Morgan fingerprint density at radius 1 is 1.35 bits per heavy atom. The molecule has 0 saturated carbocycles. The van der Waals surface area contributed by atoms with Crippen molar-refractivity contribution < 1.29 is 4.39 Å². The molecule has 0 aliphatic carbocycles. The van der Waals surface area contributed by atoms with E-state index in [-0.39, 0.29) is 5.82 Å². The molecule has 102 valence electrons. The molecular weight excluding hydrogens is 257 g/mol. The molecule has 5 nitrogen and oxygen atoms in total. The van der Waals surface area contributed by atoms with Crippen LogP contribution < -0.4 is 10.6 Å². The van der Waals surface area contributed by atoms with E-state index in [1.165, 1.54) is 0 Å². The fraction of sp³-hybridized carbons (Fsp3) is 0.214. The molecule has 1 heterocycles. The van der Waals surface area contributed by atoms with E-state index in [1.54, 1.807) is 24.3 Å². The van der Waals surface area contributed by atoms with Crippen molar-refractivity contribution in [1.29, 1.82) is 5.26 Å². The zero-order valence-electron chi connectivity index (χ0n) is 11.0. The minimum atomic E-state index is -0.570. The van der Waals surface area contributed by atoms with Crippen LogP contribution >= 0.6 is 0 Å². The Kier molecular flexibility index (Phi) is 4.45. The van der Waals surface area contributed by atoms with E-state index in [0.29, 0.717) is 23.7 Å². The maximum absolute atomic E-state index is 13.7. The fourth-order valence-electron chi connectivity index (χ4n) is 1.59. The molecule has 0 atom stereocenters. The maximum atomic E-state index is 13.7. The van der Waals surface area contributed by atoms with Crippen molar-refractivity contribution in [1.82, 2.24) is 9.97 Å². The number of hydrogen-bond donors (Lipinski definition) is 2. The second-order valence-electron chi connectivity index (χ2n) is 4.10. The summed E-state index contributed by atoms with van der Waals surface area (Å²) in [6, 6.07) is 8.89. The second-order valence-corrected chi connectivity index (χ2v) is 4.10. The van der Waals surface area contributed by atoms with E-state index in [2.05, 4.69) is 20.6 Å². The van der Waals surface area contributed by atoms with Crippen molar-refractivity contribution in [2.75, 3.05) is 17.2 Å². The number of benzene rings is 1. The van der Waals surface area contributed by atoms with E-state index in [9.17, 15) is 4.39 Å². The predicted molar refractivity (Wildman–Crippen MR) is 75.2 cm³/mol. The third kappa shape index (κ3) is 3.20. The first-order valence-electron chi connectivity index (χ1n) is 6.27. The summed E-state index contributed by atoms with van der Waals surface area (Å²) in [6.45, 7) is 2.72. The van der Waals surface area contributed by atoms with Gasteiger partial charge < -0.3 is 10.6 Å². The number of anilines is 3. The SMILES string of the molecule is CCCNc1ncc(F)c(Nc2ccccc2C#N)n1. The molecule has 0 radical (unpaired) electrons. The molecule has 0 fully saturated rings. The topological polar surface area (TPSA) is 73.6 Å². The van der Waals surface area contributed by atoms with Crippen LogP contribution in [0.15, 0.2) is 30.5 Å². The highest BCUT2D eigenvalue weighted by Crippen LogP contribution is 2.21. The molecule has 2 rings (SSSR count). The first kappa shape index (κ1) is 13.7. The van der Waals surface area contributed by atoms with Crippen LogP contribution in [0.2, 0.25) is 0 Å². The summed E-state index contributed by atoms with van der Waals surface area (Å²) in [4.78, 5) is 7.92. The lowest BCUT2D eigenvalue weighted by Gasteiger charge is -2.09. The van der Waals surface area contributed by atoms with E-state index in [0.717, 1.165) is 12.6 Å². The molecule has 0 aliphatic rings. The number of rotatable bonds is 5. The van der Waals surface area contributed by atoms with Crippen molar-refractivity contribution in [3.8, 4) is 6.07 Å². The van der Waals surface area contributed by atoms with Gasteiger partial charge in [-0.3, -0.25) is 0 Å². The van der Waals surface area contributed by atoms with Gasteiger partial charge >= 0.3 is 0 Å². The third-order valence-electron chi connectivity index (χ3n) is 2.58. The second kappa shape index (κ2) is 6.48. The van der Waals surface area contributed by atoms with E-state index >= 15 is 0 Å². The van der Waals surface area contributed by atoms with Crippen molar-refractivity contribution in [2.45, 2.75) is 13.3 Å². The van der Waals surface area contributed by atoms with Gasteiger partial charge in [0.25, 0.3) is 0 Å². The molecular formula is C14H14FN5. The van der Waals surface area contributed by atoms with Gasteiger partial charge in [-0.25, -0.2) is 9.37 Å². The van der Waals surface area contributed by atoms with E-state index in [4.69, 9.17) is 5.26 Å². The van der Waals surface area contributed by atoms with E-state index in [1.807, 2.05) is 13.0 Å². The Morgan fingerprint density at radius 2 is 2.15 bits per heavy atom. The van der Waals surface area contributed by atoms with Crippen molar-refractivity contribution in [2.24, 2.45) is 0 Å². The molecule has 0 bridgehead atoms. The Labute approximate surface area is 116 Å². The molecule has 1 aromatic heterocycles. The number of nitriles is 1. The van der Waals surface area contributed by atoms with Gasteiger partial charge in [0.1, 0.15) is 6.07 Å². The number of halogens is 1. The van der Waals surface area contributed by atoms with Gasteiger partial charge in [-0.05, 0) is 18.6 Å². The zero-order chi connectivity index (χ0) is 14.4. The van der Waals surface area contributed by atoms with Gasteiger partial charge in [-0.15, -0.1) is 0 Å². The highest BCUT2D eigenvalue weighted by atomic mass is 19.1. The van der Waals surface area contributed by atoms with Gasteiger partial charge in [0.05, 0.1) is 17.4 Å². The number of aromatic nitrogens is 2. The molecule has 2 aromatic rings. The van der Waals surface area contributed by atoms with Gasteiger partial charge in [0.15, 0.2) is 11.6 Å². The lowest BCUT2D eigenvalue weighted by Crippen LogP contribution is -2.07. The van der Waals surface area contributed by atoms with Gasteiger partial charge in [0, 0.05) is 6.54 Å². The Hall–Kier alpha value is -2.68. The van der Waals surface area contributed by atoms with E-state index < -0.39 is 5.82 Å². The van der Waals surface area contributed by atoms with Crippen LogP contribution in [0.3, 0.4) is 0 Å². The standard InChI is InChI=1S/C14H14FN5/c1-2-7-17-14-18-9-11(15)13(20-14)19-12-6-4-3-5-10(12)8-16/h3-6,9H,2,7H2,1H3,(H2,17,18,19,20). The third-order valence-corrected chi connectivity index (χ3v) is 2.58. The molecule has 0 saturated heterocycles. The van der Waals surface area contributed by atoms with Gasteiger partial charge in [-0.2, -0.15) is 10.2 Å². The average molecular weight is 271 g/mol. The monoisotopic (exact) mass is 271 g/mol. The van der Waals surface area contributed by atoms with Gasteiger partial charge in [0.2, 0.25) is 5.95 Å². The molecule has 0 aliphatic heterocycles. The normalized spacial score (nSPS) is 9.85. The minimum Gasteiger partial charge on any atom is -0.354 e. The quantitative estimate of drug-likeness (QED) is 0.874. The molecule has 1 aromatic carbocycles. The summed E-state index contributed by atoms with van der Waals surface area (Å²) in [5.41, 5.74) is 0.933. The lowest BCUT2D eigenvalue weighted by atomic mass is 10.2. The van der Waals surface area contributed by atoms with Crippen molar-refractivity contribution >= 4 is 17.5 Å². The summed E-state index contributed by atoms with van der Waals surface area (Å²) in [5.74, 6) is -0.175. The fourth-order valence-corrected chi connectivity index (χ4v) is 1.59. The summed E-state index contributed by atoms with van der Waals surface area (Å²) in [6.07, 6.45) is 2.02. The zero-order valence-corrected chi connectivity index (χ0v) is 11.0. The first-order chi connectivity index (χ1) is 9.74. The summed E-state index contributed by atoms with van der Waals surface area (Å²) >= 11 is 0. The Balaban J connectivity index is 2.26. The number of para-hydroxylation sites is 1. The molecule has 0 spiro atoms. The highest BCUT2D eigenvalue weighted by molar-refractivity contribution is 5.64. The Morgan fingerprint density at radius 3 is 2.90 bits per heavy atom. The molecule has 0 unspecified atom stereocenters. The largest absolute Gasteiger partial charge is 0.354 e. The summed E-state index contributed by atoms with van der Waals surface area (Å²) < 4.78 is 13.7. The summed E-state index contributed by atoms with van der Waals surface area (Å²) in [7, 11) is 0. The first-order valence-corrected chi connectivity index (χ1v) is 6.27. The van der Waals surface area contributed by atoms with Crippen molar-refractivity contribution in [3.63, 3.8) is 0 Å². The number of hydrogen-bond acceptors (Lipinski definition) is 5. The predicted octanol–water partition coefficient (Wildman–Crippen LogP) is 3.05. The van der Waals surface area contributed by atoms with Crippen molar-refractivity contribution in [3.05, 3.63) is 41.8 Å². The molecule has 0 amide bonds. The summed E-state index contributed by atoms with van der Waals surface area (Å²) in [5, 5.41) is 14.8. The van der Waals surface area contributed by atoms with Gasteiger partial charge in [-0.1, -0.05) is 19.1 Å². The minimum absolute atomic E-state index is 0.0429. The highest BCUT2D eigenvalue weighted by Gasteiger charge is 2.09. The Bertz CT molecular complexity index is 636. The lowest BCUT2D eigenvalue weighted by molar-refractivity contribution is 0.619. The number of nitrogens with zero attached hydrogens (tertiary/aromatic N) is 3. The molecule has 6 heteroatoms. The van der Waals surface area contributed by atoms with Crippen LogP contribution in [0.25, 0.3) is 0 Å². The number of nitrogens with one attached hydrogen (secondary N) is 2.